The predicted octanol–water partition coefficient (Wildman–Crippen LogP) is 2.67. The molecule has 0 unspecified atom stereocenters. The van der Waals surface area contributed by atoms with Crippen LogP contribution < -0.4 is 19.5 Å². The number of aromatic nitrogens is 3. The summed E-state index contributed by atoms with van der Waals surface area (Å²) < 4.78 is 51.7. The second kappa shape index (κ2) is 12.0. The van der Waals surface area contributed by atoms with Crippen LogP contribution in [0.5, 0.6) is 11.5 Å². The zero-order valence-electron chi connectivity index (χ0n) is 21.6. The van der Waals surface area contributed by atoms with Gasteiger partial charge in [-0.05, 0) is 41.8 Å². The molecule has 1 amide bonds. The first-order chi connectivity index (χ1) is 18.8. The Hall–Kier alpha value is -4.30. The summed E-state index contributed by atoms with van der Waals surface area (Å²) in [5, 5.41) is 19.9. The molecule has 208 valence electrons. The summed E-state index contributed by atoms with van der Waals surface area (Å²) in [6.45, 7) is 2.13. The number of rotatable bonds is 12. The van der Waals surface area contributed by atoms with Crippen molar-refractivity contribution in [2.45, 2.75) is 31.3 Å². The number of benzene rings is 2. The van der Waals surface area contributed by atoms with Crippen molar-refractivity contribution >= 4 is 32.9 Å². The Morgan fingerprint density at radius 2 is 1.90 bits per heavy atom. The highest BCUT2D eigenvalue weighted by Gasteiger charge is 2.25. The fourth-order valence-electron chi connectivity index (χ4n) is 3.88. The van der Waals surface area contributed by atoms with Gasteiger partial charge < -0.3 is 29.2 Å². The number of aryl methyl sites for hydroxylation is 1. The zero-order chi connectivity index (χ0) is 28.0. The topological polar surface area (TPSA) is 167 Å². The maximum absolute atomic E-state index is 13.3. The number of alkyl carbamates (subject to hydrolysis) is 1. The zero-order valence-corrected chi connectivity index (χ0v) is 22.4. The van der Waals surface area contributed by atoms with Crippen molar-refractivity contribution in [1.82, 2.24) is 20.3 Å². The summed E-state index contributed by atoms with van der Waals surface area (Å²) in [6.07, 6.45) is 3.37. The summed E-state index contributed by atoms with van der Waals surface area (Å²) in [5.41, 5.74) is 2.65. The number of amides is 1. The van der Waals surface area contributed by atoms with E-state index in [0.29, 0.717) is 29.7 Å². The van der Waals surface area contributed by atoms with Gasteiger partial charge in [0.25, 0.3) is 10.0 Å². The van der Waals surface area contributed by atoms with Gasteiger partial charge in [0.05, 0.1) is 33.6 Å². The van der Waals surface area contributed by atoms with E-state index in [1.807, 2.05) is 6.92 Å². The molecule has 3 N–H and O–H groups in total. The summed E-state index contributed by atoms with van der Waals surface area (Å²) in [7, 11) is -1.20. The van der Waals surface area contributed by atoms with Crippen molar-refractivity contribution in [3.63, 3.8) is 0 Å². The van der Waals surface area contributed by atoms with Crippen LogP contribution in [0.15, 0.2) is 52.1 Å². The van der Waals surface area contributed by atoms with Gasteiger partial charge in [-0.15, -0.1) is 0 Å². The normalized spacial score (nSPS) is 11.4. The molecule has 0 atom stereocenters. The third-order valence-electron chi connectivity index (χ3n) is 5.77. The quantitative estimate of drug-likeness (QED) is 0.235. The molecule has 0 saturated carbocycles. The lowest BCUT2D eigenvalue weighted by Crippen LogP contribution is -2.24. The first-order valence-corrected chi connectivity index (χ1v) is 13.4. The Bertz CT molecular complexity index is 1560. The van der Waals surface area contributed by atoms with Crippen LogP contribution in [0.3, 0.4) is 0 Å². The summed E-state index contributed by atoms with van der Waals surface area (Å²) in [4.78, 5) is 11.5. The van der Waals surface area contributed by atoms with Crippen molar-refractivity contribution in [1.29, 1.82) is 0 Å². The molecule has 0 radical (unpaired) electrons. The molecule has 0 saturated heterocycles. The first kappa shape index (κ1) is 27.7. The molecular formula is C25H29N5O8S. The molecule has 0 bridgehead atoms. The van der Waals surface area contributed by atoms with E-state index < -0.39 is 16.1 Å². The van der Waals surface area contributed by atoms with E-state index in [1.54, 1.807) is 47.4 Å². The van der Waals surface area contributed by atoms with Crippen LogP contribution in [-0.2, 0) is 34.3 Å². The van der Waals surface area contributed by atoms with Crippen molar-refractivity contribution < 1.29 is 37.1 Å². The fraction of sp³-hybridized carbons (Fsp3) is 0.320. The Balaban J connectivity index is 1.54. The average molecular weight is 560 g/mol. The second-order valence-corrected chi connectivity index (χ2v) is 10.1. The molecular weight excluding hydrogens is 530 g/mol. The van der Waals surface area contributed by atoms with Crippen molar-refractivity contribution in [3.05, 3.63) is 59.4 Å². The SMILES string of the molecule is CCc1ccc(OC)c(S(=O)(=O)Nc2noc3cc(Cn4cc(CNC(=O)OCCO)cn4)cc(OC)c23)c1. The van der Waals surface area contributed by atoms with Crippen LogP contribution in [0.4, 0.5) is 10.6 Å². The molecule has 2 aromatic heterocycles. The maximum Gasteiger partial charge on any atom is 0.407 e. The molecule has 39 heavy (non-hydrogen) atoms. The third-order valence-corrected chi connectivity index (χ3v) is 7.13. The number of carbonyl (C=O) groups excluding carboxylic acids is 1. The van der Waals surface area contributed by atoms with Crippen LogP contribution in [0, 0.1) is 0 Å². The number of anilines is 1. The number of fused-ring (bicyclic) bond motifs is 1. The molecule has 0 aliphatic rings. The fourth-order valence-corrected chi connectivity index (χ4v) is 5.11. The van der Waals surface area contributed by atoms with E-state index in [-0.39, 0.29) is 36.2 Å². The molecule has 0 spiro atoms. The van der Waals surface area contributed by atoms with Crippen molar-refractivity contribution in [3.8, 4) is 11.5 Å². The van der Waals surface area contributed by atoms with E-state index in [9.17, 15) is 13.2 Å². The summed E-state index contributed by atoms with van der Waals surface area (Å²) in [5.74, 6) is 0.548. The van der Waals surface area contributed by atoms with Gasteiger partial charge in [0.15, 0.2) is 11.4 Å². The number of aliphatic hydroxyl groups is 1. The van der Waals surface area contributed by atoms with Crippen molar-refractivity contribution in [2.75, 3.05) is 32.2 Å². The third kappa shape index (κ3) is 6.41. The summed E-state index contributed by atoms with van der Waals surface area (Å²) in [6, 6.07) is 8.43. The Kier molecular flexibility index (Phi) is 8.56. The molecule has 4 aromatic rings. The van der Waals surface area contributed by atoms with Gasteiger partial charge in [-0.25, -0.2) is 13.2 Å². The number of nitrogens with one attached hydrogen (secondary N) is 2. The lowest BCUT2D eigenvalue weighted by atomic mass is 10.1. The van der Waals surface area contributed by atoms with Crippen LogP contribution in [0.1, 0.15) is 23.6 Å². The van der Waals surface area contributed by atoms with Gasteiger partial charge >= 0.3 is 6.09 Å². The van der Waals surface area contributed by atoms with E-state index >= 15 is 0 Å². The number of hydrogen-bond acceptors (Lipinski definition) is 10. The van der Waals surface area contributed by atoms with Gasteiger partial charge in [-0.3, -0.25) is 9.40 Å². The summed E-state index contributed by atoms with van der Waals surface area (Å²) >= 11 is 0. The minimum atomic E-state index is -4.07. The van der Waals surface area contributed by atoms with Crippen LogP contribution in [0.2, 0.25) is 0 Å². The van der Waals surface area contributed by atoms with Crippen molar-refractivity contribution in [2.24, 2.45) is 0 Å². The lowest BCUT2D eigenvalue weighted by Gasteiger charge is -2.12. The minimum Gasteiger partial charge on any atom is -0.496 e. The number of sulfonamides is 1. The number of methoxy groups -OCH3 is 2. The van der Waals surface area contributed by atoms with Crippen LogP contribution in [-0.4, -0.2) is 62.0 Å². The van der Waals surface area contributed by atoms with E-state index in [4.69, 9.17) is 23.8 Å². The smallest absolute Gasteiger partial charge is 0.407 e. The lowest BCUT2D eigenvalue weighted by molar-refractivity contribution is 0.119. The molecule has 13 nitrogen and oxygen atoms in total. The average Bonchev–Trinajstić information content (AvgIpc) is 3.56. The van der Waals surface area contributed by atoms with Crippen LogP contribution >= 0.6 is 0 Å². The number of carbonyl (C=O) groups is 1. The molecule has 4 rings (SSSR count). The van der Waals surface area contributed by atoms with Gasteiger partial charge in [0.2, 0.25) is 0 Å². The van der Waals surface area contributed by atoms with E-state index in [0.717, 1.165) is 16.7 Å². The standard InChI is InChI=1S/C25H29N5O8S/c1-4-16-5-6-19(35-2)22(11-16)39(33,34)29-24-23-20(36-3)9-17(10-21(23)38-28-24)14-30-15-18(13-27-30)12-26-25(32)37-8-7-31/h5-6,9-11,13,15,31H,4,7-8,12,14H2,1-3H3,(H,26,32)(H,28,29). The number of aliphatic hydroxyl groups excluding tert-OH is 1. The monoisotopic (exact) mass is 559 g/mol. The largest absolute Gasteiger partial charge is 0.496 e. The highest BCUT2D eigenvalue weighted by Crippen LogP contribution is 2.36. The Morgan fingerprint density at radius 3 is 2.62 bits per heavy atom. The van der Waals surface area contributed by atoms with Gasteiger partial charge in [0.1, 0.15) is 28.4 Å². The second-order valence-electron chi connectivity index (χ2n) is 8.41. The van der Waals surface area contributed by atoms with E-state index in [1.165, 1.54) is 14.2 Å². The highest BCUT2D eigenvalue weighted by molar-refractivity contribution is 7.92. The Morgan fingerprint density at radius 1 is 1.10 bits per heavy atom. The first-order valence-electron chi connectivity index (χ1n) is 12.0. The molecule has 0 aliphatic carbocycles. The van der Waals surface area contributed by atoms with Gasteiger partial charge in [0, 0.05) is 18.3 Å². The Labute approximate surface area is 224 Å². The highest BCUT2D eigenvalue weighted by atomic mass is 32.2. The predicted molar refractivity (Wildman–Crippen MR) is 140 cm³/mol. The molecule has 0 aliphatic heterocycles. The number of nitrogens with zero attached hydrogens (tertiary/aromatic N) is 3. The molecule has 0 fully saturated rings. The number of hydrogen-bond donors (Lipinski definition) is 3. The molecule has 2 aromatic carbocycles. The maximum atomic E-state index is 13.3. The molecule has 2 heterocycles. The minimum absolute atomic E-state index is 0.0123. The van der Waals surface area contributed by atoms with Crippen LogP contribution in [0.25, 0.3) is 11.0 Å². The van der Waals surface area contributed by atoms with Gasteiger partial charge in [-0.2, -0.15) is 5.10 Å². The van der Waals surface area contributed by atoms with Gasteiger partial charge in [-0.1, -0.05) is 18.1 Å². The molecule has 14 heteroatoms. The number of ether oxygens (including phenoxy) is 3. The van der Waals surface area contributed by atoms with E-state index in [2.05, 4.69) is 20.3 Å².